The van der Waals surface area contributed by atoms with E-state index in [0.717, 1.165) is 31.5 Å². The summed E-state index contributed by atoms with van der Waals surface area (Å²) in [7, 11) is 0. The summed E-state index contributed by atoms with van der Waals surface area (Å²) in [6, 6.07) is 14.1. The molecular formula is C21H28N4O2. The lowest BCUT2D eigenvalue weighted by atomic mass is 10.0. The Morgan fingerprint density at radius 3 is 2.22 bits per heavy atom. The number of carbonyl (C=O) groups is 2. The fourth-order valence-corrected chi connectivity index (χ4v) is 3.74. The van der Waals surface area contributed by atoms with Gasteiger partial charge in [-0.25, -0.2) is 4.79 Å². The van der Waals surface area contributed by atoms with Crippen molar-refractivity contribution in [2.24, 2.45) is 0 Å². The number of nitrogens with one attached hydrogen (secondary N) is 2. The van der Waals surface area contributed by atoms with E-state index in [2.05, 4.69) is 41.2 Å². The van der Waals surface area contributed by atoms with Crippen molar-refractivity contribution in [1.29, 1.82) is 0 Å². The molecule has 27 heavy (non-hydrogen) atoms. The average Bonchev–Trinajstić information content (AvgIpc) is 3.03. The van der Waals surface area contributed by atoms with E-state index in [0.29, 0.717) is 12.6 Å². The first-order valence-electron chi connectivity index (χ1n) is 9.52. The van der Waals surface area contributed by atoms with Crippen molar-refractivity contribution in [3.8, 4) is 0 Å². The zero-order chi connectivity index (χ0) is 19.2. The number of aromatic nitrogens is 1. The fraction of sp³-hybridized carbons (Fsp3) is 0.429. The Morgan fingerprint density at radius 1 is 0.963 bits per heavy atom. The molecule has 3 amide bonds. The molecule has 0 atom stereocenters. The standard InChI is InChI=1S/C21H28N4O2/c1-16-8-9-17(2)25(16)19-10-12-24(13-11-19)20(26)15-23-21(27)22-14-18-6-4-3-5-7-18/h3-9,19H,10-15H2,1-2H3,(H2,22,23,27). The highest BCUT2D eigenvalue weighted by Crippen LogP contribution is 2.26. The molecule has 2 heterocycles. The quantitative estimate of drug-likeness (QED) is 0.852. The van der Waals surface area contributed by atoms with Gasteiger partial charge in [0, 0.05) is 37.1 Å². The zero-order valence-corrected chi connectivity index (χ0v) is 16.1. The van der Waals surface area contributed by atoms with Crippen molar-refractivity contribution >= 4 is 11.9 Å². The van der Waals surface area contributed by atoms with E-state index in [1.54, 1.807) is 0 Å². The van der Waals surface area contributed by atoms with Crippen LogP contribution in [0.5, 0.6) is 0 Å². The predicted octanol–water partition coefficient (Wildman–Crippen LogP) is 2.77. The Bertz CT molecular complexity index is 757. The molecule has 1 aliphatic heterocycles. The van der Waals surface area contributed by atoms with Crippen molar-refractivity contribution in [2.45, 2.75) is 39.3 Å². The van der Waals surface area contributed by atoms with Gasteiger partial charge in [0.1, 0.15) is 0 Å². The van der Waals surface area contributed by atoms with E-state index in [-0.39, 0.29) is 18.5 Å². The third-order valence-corrected chi connectivity index (χ3v) is 5.20. The molecule has 0 spiro atoms. The van der Waals surface area contributed by atoms with Gasteiger partial charge in [-0.05, 0) is 44.4 Å². The molecule has 1 fully saturated rings. The van der Waals surface area contributed by atoms with Crippen molar-refractivity contribution in [1.82, 2.24) is 20.1 Å². The second-order valence-corrected chi connectivity index (χ2v) is 7.12. The molecule has 2 aromatic rings. The minimum Gasteiger partial charge on any atom is -0.346 e. The number of benzene rings is 1. The number of likely N-dealkylation sites (tertiary alicyclic amines) is 1. The van der Waals surface area contributed by atoms with E-state index in [1.165, 1.54) is 11.4 Å². The molecule has 0 radical (unpaired) electrons. The Kier molecular flexibility index (Phi) is 6.16. The van der Waals surface area contributed by atoms with Crippen LogP contribution in [0.3, 0.4) is 0 Å². The van der Waals surface area contributed by atoms with E-state index >= 15 is 0 Å². The molecule has 1 saturated heterocycles. The van der Waals surface area contributed by atoms with Gasteiger partial charge in [0.15, 0.2) is 0 Å². The molecule has 0 saturated carbocycles. The van der Waals surface area contributed by atoms with Crippen LogP contribution in [0.15, 0.2) is 42.5 Å². The van der Waals surface area contributed by atoms with E-state index in [9.17, 15) is 9.59 Å². The van der Waals surface area contributed by atoms with Gasteiger partial charge in [0.2, 0.25) is 5.91 Å². The molecule has 0 aliphatic carbocycles. The first-order valence-corrected chi connectivity index (χ1v) is 9.52. The fourth-order valence-electron chi connectivity index (χ4n) is 3.74. The van der Waals surface area contributed by atoms with Gasteiger partial charge in [-0.2, -0.15) is 0 Å². The van der Waals surface area contributed by atoms with E-state index in [4.69, 9.17) is 0 Å². The largest absolute Gasteiger partial charge is 0.346 e. The minimum absolute atomic E-state index is 0.0238. The first kappa shape index (κ1) is 19.0. The third kappa shape index (κ3) is 4.90. The summed E-state index contributed by atoms with van der Waals surface area (Å²) >= 11 is 0. The van der Waals surface area contributed by atoms with Gasteiger partial charge >= 0.3 is 6.03 Å². The van der Waals surface area contributed by atoms with Crippen LogP contribution in [-0.4, -0.2) is 41.0 Å². The van der Waals surface area contributed by atoms with Crippen LogP contribution in [0.4, 0.5) is 4.79 Å². The number of rotatable bonds is 5. The Balaban J connectivity index is 1.40. The summed E-state index contributed by atoms with van der Waals surface area (Å²) in [5.41, 5.74) is 3.57. The number of amides is 3. The summed E-state index contributed by atoms with van der Waals surface area (Å²) < 4.78 is 2.37. The van der Waals surface area contributed by atoms with E-state index in [1.807, 2.05) is 35.2 Å². The number of aryl methyl sites for hydroxylation is 2. The Labute approximate surface area is 160 Å². The Morgan fingerprint density at radius 2 is 1.59 bits per heavy atom. The van der Waals surface area contributed by atoms with Gasteiger partial charge in [-0.3, -0.25) is 4.79 Å². The number of hydrogen-bond donors (Lipinski definition) is 2. The normalized spacial score (nSPS) is 14.8. The third-order valence-electron chi connectivity index (χ3n) is 5.20. The highest BCUT2D eigenvalue weighted by atomic mass is 16.2. The first-order chi connectivity index (χ1) is 13.0. The van der Waals surface area contributed by atoms with Gasteiger partial charge in [0.05, 0.1) is 6.54 Å². The van der Waals surface area contributed by atoms with Crippen molar-refractivity contribution < 1.29 is 9.59 Å². The monoisotopic (exact) mass is 368 g/mol. The topological polar surface area (TPSA) is 66.4 Å². The zero-order valence-electron chi connectivity index (χ0n) is 16.1. The lowest BCUT2D eigenvalue weighted by Gasteiger charge is -2.34. The van der Waals surface area contributed by atoms with Crippen LogP contribution in [0.1, 0.15) is 35.8 Å². The maximum absolute atomic E-state index is 12.4. The molecule has 1 aromatic heterocycles. The van der Waals surface area contributed by atoms with Crippen LogP contribution in [0.2, 0.25) is 0 Å². The summed E-state index contributed by atoms with van der Waals surface area (Å²) in [4.78, 5) is 26.1. The highest BCUT2D eigenvalue weighted by Gasteiger charge is 2.25. The SMILES string of the molecule is Cc1ccc(C)n1C1CCN(C(=O)CNC(=O)NCc2ccccc2)CC1. The molecule has 2 N–H and O–H groups in total. The number of urea groups is 1. The van der Waals surface area contributed by atoms with Gasteiger partial charge in [0.25, 0.3) is 0 Å². The molecule has 6 nitrogen and oxygen atoms in total. The maximum Gasteiger partial charge on any atom is 0.315 e. The minimum atomic E-state index is -0.319. The molecule has 0 bridgehead atoms. The maximum atomic E-state index is 12.4. The lowest BCUT2D eigenvalue weighted by Crippen LogP contribution is -2.46. The van der Waals surface area contributed by atoms with E-state index < -0.39 is 0 Å². The van der Waals surface area contributed by atoms with Crippen LogP contribution >= 0.6 is 0 Å². The molecular weight excluding hydrogens is 340 g/mol. The molecule has 144 valence electrons. The van der Waals surface area contributed by atoms with Crippen LogP contribution in [0, 0.1) is 13.8 Å². The highest BCUT2D eigenvalue weighted by molar-refractivity contribution is 5.84. The summed E-state index contributed by atoms with van der Waals surface area (Å²) in [6.45, 7) is 6.20. The smallest absolute Gasteiger partial charge is 0.315 e. The van der Waals surface area contributed by atoms with Crippen LogP contribution in [0.25, 0.3) is 0 Å². The number of carbonyl (C=O) groups excluding carboxylic acids is 2. The van der Waals surface area contributed by atoms with Crippen molar-refractivity contribution in [3.05, 3.63) is 59.4 Å². The van der Waals surface area contributed by atoms with Gasteiger partial charge in [-0.15, -0.1) is 0 Å². The summed E-state index contributed by atoms with van der Waals surface area (Å²) in [5.74, 6) is -0.0238. The summed E-state index contributed by atoms with van der Waals surface area (Å²) in [5, 5.41) is 5.43. The second-order valence-electron chi connectivity index (χ2n) is 7.12. The second kappa shape index (κ2) is 8.75. The Hall–Kier alpha value is -2.76. The molecule has 6 heteroatoms. The lowest BCUT2D eigenvalue weighted by molar-refractivity contribution is -0.131. The van der Waals surface area contributed by atoms with Crippen LogP contribution < -0.4 is 10.6 Å². The van der Waals surface area contributed by atoms with Crippen molar-refractivity contribution in [3.63, 3.8) is 0 Å². The molecule has 3 rings (SSSR count). The summed E-state index contributed by atoms with van der Waals surface area (Å²) in [6.07, 6.45) is 1.89. The number of nitrogens with zero attached hydrogens (tertiary/aromatic N) is 2. The molecule has 0 unspecified atom stereocenters. The van der Waals surface area contributed by atoms with Crippen LogP contribution in [-0.2, 0) is 11.3 Å². The molecule has 1 aromatic carbocycles. The average molecular weight is 368 g/mol. The van der Waals surface area contributed by atoms with Crippen molar-refractivity contribution in [2.75, 3.05) is 19.6 Å². The van der Waals surface area contributed by atoms with Gasteiger partial charge < -0.3 is 20.1 Å². The van der Waals surface area contributed by atoms with Gasteiger partial charge in [-0.1, -0.05) is 30.3 Å². The number of piperidine rings is 1. The number of hydrogen-bond acceptors (Lipinski definition) is 2. The predicted molar refractivity (Wildman–Crippen MR) is 105 cm³/mol. The molecule has 1 aliphatic rings.